The molecule has 3 N–H and O–H groups in total. The summed E-state index contributed by atoms with van der Waals surface area (Å²) in [5, 5.41) is 11.3. The van der Waals surface area contributed by atoms with Crippen LogP contribution in [0.15, 0.2) is 40.5 Å². The first kappa shape index (κ1) is 17.7. The first-order valence-electron chi connectivity index (χ1n) is 6.60. The second kappa shape index (κ2) is 9.57. The van der Waals surface area contributed by atoms with Gasteiger partial charge < -0.3 is 11.1 Å². The molecule has 0 radical (unpaired) electrons. The van der Waals surface area contributed by atoms with E-state index in [0.717, 1.165) is 36.4 Å². The molecule has 1 amide bonds. The molecule has 1 heterocycles. The Labute approximate surface area is 139 Å². The number of para-hydroxylation sites is 1. The zero-order valence-electron chi connectivity index (χ0n) is 11.6. The van der Waals surface area contributed by atoms with E-state index >= 15 is 0 Å². The van der Waals surface area contributed by atoms with Crippen LogP contribution in [0.2, 0.25) is 0 Å². The minimum atomic E-state index is 0. The molecule has 0 aromatic heterocycles. The Hall–Kier alpha value is -1.34. The standard InChI is InChI=1S/C14H18N4OS.BrH/c15-14-18-17-12(10-20-14)8-4-5-9-13(19)16-11-6-2-1-3-7-11;/h1-3,6-7H,4-5,8-10H2,(H2,15,18)(H,16,19);1H. The number of nitrogens with zero attached hydrogens (tertiary/aromatic N) is 2. The van der Waals surface area contributed by atoms with E-state index in [1.807, 2.05) is 30.3 Å². The summed E-state index contributed by atoms with van der Waals surface area (Å²) in [4.78, 5) is 11.7. The lowest BCUT2D eigenvalue weighted by atomic mass is 10.1. The van der Waals surface area contributed by atoms with Crippen LogP contribution in [0, 0.1) is 0 Å². The topological polar surface area (TPSA) is 79.8 Å². The number of nitrogens with two attached hydrogens (primary N) is 1. The molecule has 1 aromatic rings. The average Bonchev–Trinajstić information content (AvgIpc) is 2.46. The van der Waals surface area contributed by atoms with Gasteiger partial charge in [-0.05, 0) is 31.4 Å². The summed E-state index contributed by atoms with van der Waals surface area (Å²) in [7, 11) is 0. The van der Waals surface area contributed by atoms with Crippen LogP contribution < -0.4 is 11.1 Å². The SMILES string of the molecule is Br.NC1=NN=C(CCCCC(=O)Nc2ccccc2)CS1. The molecule has 5 nitrogen and oxygen atoms in total. The van der Waals surface area contributed by atoms with Gasteiger partial charge in [-0.15, -0.1) is 22.1 Å². The van der Waals surface area contributed by atoms with Gasteiger partial charge in [-0.2, -0.15) is 5.10 Å². The van der Waals surface area contributed by atoms with E-state index in [1.165, 1.54) is 11.8 Å². The Morgan fingerprint density at radius 1 is 1.24 bits per heavy atom. The fourth-order valence-corrected chi connectivity index (χ4v) is 2.43. The third-order valence-corrected chi connectivity index (χ3v) is 3.71. The lowest BCUT2D eigenvalue weighted by Gasteiger charge is -2.08. The van der Waals surface area contributed by atoms with Crippen molar-refractivity contribution in [2.75, 3.05) is 11.1 Å². The highest BCUT2D eigenvalue weighted by Crippen LogP contribution is 2.12. The van der Waals surface area contributed by atoms with E-state index < -0.39 is 0 Å². The lowest BCUT2D eigenvalue weighted by molar-refractivity contribution is -0.116. The maximum atomic E-state index is 11.7. The largest absolute Gasteiger partial charge is 0.377 e. The van der Waals surface area contributed by atoms with Crippen molar-refractivity contribution in [3.05, 3.63) is 30.3 Å². The number of thioether (sulfide) groups is 1. The number of unbranched alkanes of at least 4 members (excludes halogenated alkanes) is 1. The van der Waals surface area contributed by atoms with Gasteiger partial charge in [0.25, 0.3) is 0 Å². The zero-order chi connectivity index (χ0) is 14.2. The van der Waals surface area contributed by atoms with Crippen molar-refractivity contribution in [1.82, 2.24) is 0 Å². The van der Waals surface area contributed by atoms with Gasteiger partial charge in [-0.25, -0.2) is 0 Å². The molecule has 0 bridgehead atoms. The van der Waals surface area contributed by atoms with E-state index in [-0.39, 0.29) is 22.9 Å². The molecule has 0 saturated carbocycles. The first-order valence-corrected chi connectivity index (χ1v) is 7.59. The molecular weight excluding hydrogens is 352 g/mol. The molecular formula is C14H19BrN4OS. The van der Waals surface area contributed by atoms with Gasteiger partial charge in [0.2, 0.25) is 5.91 Å². The Morgan fingerprint density at radius 3 is 2.67 bits per heavy atom. The van der Waals surface area contributed by atoms with Gasteiger partial charge in [-0.1, -0.05) is 30.0 Å². The number of benzene rings is 1. The second-order valence-corrected chi connectivity index (χ2v) is 5.51. The van der Waals surface area contributed by atoms with Crippen molar-refractivity contribution in [1.29, 1.82) is 0 Å². The van der Waals surface area contributed by atoms with Crippen molar-refractivity contribution in [2.45, 2.75) is 25.7 Å². The number of hydrogen-bond acceptors (Lipinski definition) is 5. The van der Waals surface area contributed by atoms with E-state index in [1.54, 1.807) is 0 Å². The van der Waals surface area contributed by atoms with Crippen LogP contribution in [0.25, 0.3) is 0 Å². The number of carbonyl (C=O) groups is 1. The summed E-state index contributed by atoms with van der Waals surface area (Å²) in [6.07, 6.45) is 3.20. The predicted octanol–water partition coefficient (Wildman–Crippen LogP) is 3.18. The number of carbonyl (C=O) groups excluding carboxylic acids is 1. The maximum absolute atomic E-state index is 11.7. The number of nitrogens with one attached hydrogen (secondary N) is 1. The van der Waals surface area contributed by atoms with Crippen molar-refractivity contribution in [3.63, 3.8) is 0 Å². The number of rotatable bonds is 6. The number of hydrogen-bond donors (Lipinski definition) is 2. The quantitative estimate of drug-likeness (QED) is 0.754. The van der Waals surface area contributed by atoms with Gasteiger partial charge >= 0.3 is 0 Å². The number of amides is 1. The molecule has 114 valence electrons. The smallest absolute Gasteiger partial charge is 0.224 e. The number of halogens is 1. The normalized spacial score (nSPS) is 13.7. The van der Waals surface area contributed by atoms with Gasteiger partial charge in [-0.3, -0.25) is 4.79 Å². The molecule has 0 unspecified atom stereocenters. The van der Waals surface area contributed by atoms with Crippen LogP contribution in [0.5, 0.6) is 0 Å². The number of amidine groups is 1. The van der Waals surface area contributed by atoms with Crippen LogP contribution in [-0.4, -0.2) is 22.5 Å². The van der Waals surface area contributed by atoms with Gasteiger partial charge in [0.1, 0.15) is 0 Å². The van der Waals surface area contributed by atoms with Crippen molar-refractivity contribution < 1.29 is 4.79 Å². The van der Waals surface area contributed by atoms with Crippen LogP contribution in [0.1, 0.15) is 25.7 Å². The minimum Gasteiger partial charge on any atom is -0.377 e. The summed E-state index contributed by atoms with van der Waals surface area (Å²) in [5.41, 5.74) is 7.41. The number of anilines is 1. The summed E-state index contributed by atoms with van der Waals surface area (Å²) in [5.74, 6) is 0.865. The van der Waals surface area contributed by atoms with Crippen molar-refractivity contribution in [2.24, 2.45) is 15.9 Å². The molecule has 2 rings (SSSR count). The monoisotopic (exact) mass is 370 g/mol. The van der Waals surface area contributed by atoms with Crippen LogP contribution in [0.3, 0.4) is 0 Å². The Kier molecular flexibility index (Phi) is 8.07. The van der Waals surface area contributed by atoms with Crippen molar-refractivity contribution >= 4 is 51.2 Å². The predicted molar refractivity (Wildman–Crippen MR) is 95.4 cm³/mol. The lowest BCUT2D eigenvalue weighted by Crippen LogP contribution is -2.15. The fourth-order valence-electron chi connectivity index (χ4n) is 1.82. The molecule has 0 spiro atoms. The Bertz CT molecular complexity index is 519. The second-order valence-electron chi connectivity index (χ2n) is 4.51. The molecule has 1 aliphatic heterocycles. The van der Waals surface area contributed by atoms with E-state index in [9.17, 15) is 4.79 Å². The highest BCUT2D eigenvalue weighted by molar-refractivity contribution is 8.93. The molecule has 0 fully saturated rings. The minimum absolute atomic E-state index is 0. The van der Waals surface area contributed by atoms with E-state index in [4.69, 9.17) is 5.73 Å². The maximum Gasteiger partial charge on any atom is 0.224 e. The fraction of sp³-hybridized carbons (Fsp3) is 0.357. The molecule has 7 heteroatoms. The molecule has 1 aliphatic rings. The first-order chi connectivity index (χ1) is 9.74. The molecule has 1 aromatic carbocycles. The zero-order valence-corrected chi connectivity index (χ0v) is 14.1. The molecule has 0 atom stereocenters. The summed E-state index contributed by atoms with van der Waals surface area (Å²) in [6.45, 7) is 0. The van der Waals surface area contributed by atoms with Gasteiger partial charge in [0.15, 0.2) is 5.17 Å². The third kappa shape index (κ3) is 6.77. The van der Waals surface area contributed by atoms with Gasteiger partial charge in [0, 0.05) is 17.9 Å². The summed E-state index contributed by atoms with van der Waals surface area (Å²) < 4.78 is 0. The highest BCUT2D eigenvalue weighted by Gasteiger charge is 2.08. The third-order valence-electron chi connectivity index (χ3n) is 2.85. The van der Waals surface area contributed by atoms with Crippen molar-refractivity contribution in [3.8, 4) is 0 Å². The molecule has 0 aliphatic carbocycles. The van der Waals surface area contributed by atoms with Crippen LogP contribution in [0.4, 0.5) is 5.69 Å². The summed E-state index contributed by atoms with van der Waals surface area (Å²) in [6, 6.07) is 9.50. The summed E-state index contributed by atoms with van der Waals surface area (Å²) >= 11 is 1.51. The van der Waals surface area contributed by atoms with E-state index in [0.29, 0.717) is 11.6 Å². The molecule has 0 saturated heterocycles. The average molecular weight is 371 g/mol. The Morgan fingerprint density at radius 2 is 2.00 bits per heavy atom. The van der Waals surface area contributed by atoms with Crippen LogP contribution >= 0.6 is 28.7 Å². The van der Waals surface area contributed by atoms with E-state index in [2.05, 4.69) is 15.5 Å². The highest BCUT2D eigenvalue weighted by atomic mass is 79.9. The van der Waals surface area contributed by atoms with Crippen LogP contribution in [-0.2, 0) is 4.79 Å². The molecule has 21 heavy (non-hydrogen) atoms. The Balaban J connectivity index is 0.00000220. The van der Waals surface area contributed by atoms with Gasteiger partial charge in [0.05, 0.1) is 5.71 Å².